The maximum atomic E-state index is 13.7. The summed E-state index contributed by atoms with van der Waals surface area (Å²) < 4.78 is 34.4. The van der Waals surface area contributed by atoms with Crippen LogP contribution >= 0.6 is 0 Å². The number of quaternary nitrogens is 1. The monoisotopic (exact) mass is 623 g/mol. The first kappa shape index (κ1) is 30.6. The number of amides is 1. The summed E-state index contributed by atoms with van der Waals surface area (Å²) in [6, 6.07) is 28.1. The van der Waals surface area contributed by atoms with E-state index in [1.165, 1.54) is 73.2 Å². The molecule has 4 aliphatic heterocycles. The number of rotatable bonds is 11. The molecule has 4 aliphatic rings. The number of hydrogen-bond acceptors (Lipinski definition) is 3. The molecule has 0 spiro atoms. The Balaban J connectivity index is 1.00. The Morgan fingerprint density at radius 1 is 0.783 bits per heavy atom. The minimum absolute atomic E-state index is 0.0683. The lowest BCUT2D eigenvalue weighted by molar-refractivity contribution is -0.955. The maximum Gasteiger partial charge on any atom is 0.233 e. The third-order valence-corrected chi connectivity index (χ3v) is 10.5. The van der Waals surface area contributed by atoms with Crippen LogP contribution in [0.25, 0.3) is 0 Å². The largest absolute Gasteiger partial charge is 0.489 e. The first-order valence-electron chi connectivity index (χ1n) is 16.5. The van der Waals surface area contributed by atoms with Crippen molar-refractivity contribution in [2.75, 3.05) is 24.5 Å². The summed E-state index contributed by atoms with van der Waals surface area (Å²) in [4.78, 5) is 15.1. The topological polar surface area (TPSA) is 49.8 Å². The number of anilines is 1. The number of nitrogens with zero attached hydrogens (tertiary/aromatic N) is 2. The molecule has 46 heavy (non-hydrogen) atoms. The van der Waals surface area contributed by atoms with Crippen molar-refractivity contribution in [2.24, 2.45) is 11.8 Å². The number of β-lactam (4-membered cyclic amide) rings is 1. The molecule has 0 saturated carbocycles. The molecule has 8 rings (SSSR count). The predicted octanol–water partition coefficient (Wildman–Crippen LogP) is 7.89. The van der Waals surface area contributed by atoms with Crippen LogP contribution in [-0.4, -0.2) is 35.1 Å². The van der Waals surface area contributed by atoms with Crippen LogP contribution in [0, 0.1) is 23.5 Å². The number of carbonyl (C=O) groups is 1. The zero-order valence-electron chi connectivity index (χ0n) is 26.0. The second kappa shape index (κ2) is 13.0. The molecular formula is C39H41F2N2O3+. The van der Waals surface area contributed by atoms with E-state index in [0.29, 0.717) is 30.7 Å². The standard InChI is InChI=1S/C39H41F2N2O3/c40-32-9-5-30(6-10-32)37(44)18-17-36-38(42(39(36)45)34-13-11-33(41)12-14-34)31-7-15-35(16-8-31)46-26-29-3-1-28(2-4-29)25-43-22-19-27(20-23-43)21-24-43/h1-16,27,36-38,44H,17-26H2/q+1/t27?,36-,37+,38-,43?/m1/s1. The van der Waals surface area contributed by atoms with Gasteiger partial charge in [-0.3, -0.25) is 4.79 Å². The quantitative estimate of drug-likeness (QED) is 0.137. The Hall–Kier alpha value is -4.07. The minimum Gasteiger partial charge on any atom is -0.489 e. The van der Waals surface area contributed by atoms with E-state index in [0.717, 1.165) is 29.3 Å². The normalized spacial score (nSPS) is 24.5. The van der Waals surface area contributed by atoms with Crippen LogP contribution in [0.15, 0.2) is 97.1 Å². The van der Waals surface area contributed by atoms with Gasteiger partial charge in [-0.05, 0) is 103 Å². The lowest BCUT2D eigenvalue weighted by Gasteiger charge is -2.49. The zero-order chi connectivity index (χ0) is 31.7. The first-order valence-corrected chi connectivity index (χ1v) is 16.5. The molecule has 4 aromatic carbocycles. The fourth-order valence-corrected chi connectivity index (χ4v) is 7.72. The van der Waals surface area contributed by atoms with E-state index in [1.807, 2.05) is 24.3 Å². The van der Waals surface area contributed by atoms with Gasteiger partial charge in [-0.15, -0.1) is 0 Å². The van der Waals surface area contributed by atoms with Crippen molar-refractivity contribution in [2.45, 2.75) is 57.4 Å². The van der Waals surface area contributed by atoms with E-state index < -0.39 is 6.10 Å². The van der Waals surface area contributed by atoms with Crippen LogP contribution in [0.1, 0.15) is 66.5 Å². The van der Waals surface area contributed by atoms with Gasteiger partial charge in [0, 0.05) is 11.3 Å². The highest BCUT2D eigenvalue weighted by molar-refractivity contribution is 6.03. The van der Waals surface area contributed by atoms with E-state index in [-0.39, 0.29) is 29.5 Å². The number of aliphatic hydroxyl groups excluding tert-OH is 1. The molecular weight excluding hydrogens is 582 g/mol. The van der Waals surface area contributed by atoms with Gasteiger partial charge in [-0.1, -0.05) is 48.5 Å². The van der Waals surface area contributed by atoms with Gasteiger partial charge < -0.3 is 19.2 Å². The molecule has 4 saturated heterocycles. The average Bonchev–Trinajstić information content (AvgIpc) is 3.09. The smallest absolute Gasteiger partial charge is 0.233 e. The molecule has 2 bridgehead atoms. The number of carbonyl (C=O) groups excluding carboxylic acids is 1. The number of halogens is 2. The van der Waals surface area contributed by atoms with Crippen LogP contribution in [-0.2, 0) is 17.9 Å². The van der Waals surface area contributed by atoms with Crippen LogP contribution in [0.4, 0.5) is 14.5 Å². The number of ether oxygens (including phenoxy) is 1. The highest BCUT2D eigenvalue weighted by atomic mass is 19.1. The molecule has 1 N–H and O–H groups in total. The van der Waals surface area contributed by atoms with Crippen molar-refractivity contribution in [3.8, 4) is 5.75 Å². The van der Waals surface area contributed by atoms with E-state index in [9.17, 15) is 18.7 Å². The molecule has 3 atom stereocenters. The van der Waals surface area contributed by atoms with Gasteiger partial charge in [0.1, 0.15) is 30.5 Å². The van der Waals surface area contributed by atoms with Crippen LogP contribution in [0.5, 0.6) is 5.75 Å². The first-order chi connectivity index (χ1) is 22.4. The van der Waals surface area contributed by atoms with E-state index in [2.05, 4.69) is 24.3 Å². The second-order valence-electron chi connectivity index (χ2n) is 13.5. The summed E-state index contributed by atoms with van der Waals surface area (Å²) in [7, 11) is 0. The molecule has 4 heterocycles. The van der Waals surface area contributed by atoms with Crippen molar-refractivity contribution in [3.63, 3.8) is 0 Å². The van der Waals surface area contributed by atoms with Gasteiger partial charge in [0.05, 0.1) is 37.7 Å². The van der Waals surface area contributed by atoms with Crippen molar-refractivity contribution >= 4 is 11.6 Å². The molecule has 4 fully saturated rings. The van der Waals surface area contributed by atoms with Gasteiger partial charge in [0.25, 0.3) is 0 Å². The van der Waals surface area contributed by atoms with Crippen LogP contribution in [0.2, 0.25) is 0 Å². The maximum absolute atomic E-state index is 13.7. The lowest BCUT2D eigenvalue weighted by Crippen LogP contribution is -2.57. The summed E-state index contributed by atoms with van der Waals surface area (Å²) in [5.74, 6) is 0.561. The minimum atomic E-state index is -0.806. The molecule has 0 aromatic heterocycles. The van der Waals surface area contributed by atoms with E-state index >= 15 is 0 Å². The number of fused-ring (bicyclic) bond motifs is 3. The van der Waals surface area contributed by atoms with Gasteiger partial charge in [-0.25, -0.2) is 8.78 Å². The molecule has 1 amide bonds. The average molecular weight is 624 g/mol. The fraction of sp³-hybridized carbons (Fsp3) is 0.359. The van der Waals surface area contributed by atoms with Crippen LogP contribution < -0.4 is 9.64 Å². The highest BCUT2D eigenvalue weighted by Crippen LogP contribution is 2.46. The predicted molar refractivity (Wildman–Crippen MR) is 174 cm³/mol. The van der Waals surface area contributed by atoms with Crippen molar-refractivity contribution in [1.29, 1.82) is 0 Å². The third kappa shape index (κ3) is 6.44. The van der Waals surface area contributed by atoms with Gasteiger partial charge in [0.15, 0.2) is 0 Å². The molecule has 4 aromatic rings. The molecule has 0 aliphatic carbocycles. The zero-order valence-corrected chi connectivity index (χ0v) is 26.0. The lowest BCUT2D eigenvalue weighted by atomic mass is 9.78. The number of aliphatic hydroxyl groups is 1. The van der Waals surface area contributed by atoms with Crippen molar-refractivity contribution in [3.05, 3.63) is 131 Å². The van der Waals surface area contributed by atoms with Crippen molar-refractivity contribution in [1.82, 2.24) is 0 Å². The van der Waals surface area contributed by atoms with E-state index in [1.54, 1.807) is 29.2 Å². The number of benzene rings is 4. The third-order valence-electron chi connectivity index (χ3n) is 10.5. The van der Waals surface area contributed by atoms with Gasteiger partial charge in [0.2, 0.25) is 5.91 Å². The van der Waals surface area contributed by atoms with Crippen molar-refractivity contribution < 1.29 is 27.9 Å². The molecule has 0 radical (unpaired) electrons. The Bertz CT molecular complexity index is 1620. The molecule has 0 unspecified atom stereocenters. The SMILES string of the molecule is O=C1[C@H](CC[C@H](O)c2ccc(F)cc2)[C@@H](c2ccc(OCc3ccc(C[N+]45CCC(CC4)CC5)cc3)cc2)N1c1ccc(F)cc1. The molecule has 238 valence electrons. The molecule has 5 nitrogen and oxygen atoms in total. The summed E-state index contributed by atoms with van der Waals surface area (Å²) in [6.45, 7) is 5.55. The van der Waals surface area contributed by atoms with E-state index in [4.69, 9.17) is 4.74 Å². The number of piperidine rings is 3. The van der Waals surface area contributed by atoms with Gasteiger partial charge in [-0.2, -0.15) is 0 Å². The molecule has 7 heteroatoms. The fourth-order valence-electron chi connectivity index (χ4n) is 7.72. The van der Waals surface area contributed by atoms with Crippen LogP contribution in [0.3, 0.4) is 0 Å². The summed E-state index contributed by atoms with van der Waals surface area (Å²) in [6.07, 6.45) is 4.15. The summed E-state index contributed by atoms with van der Waals surface area (Å²) in [5, 5.41) is 10.7. The second-order valence-corrected chi connectivity index (χ2v) is 13.5. The Kier molecular flexibility index (Phi) is 8.62. The Morgan fingerprint density at radius 2 is 1.37 bits per heavy atom. The number of hydrogen-bond donors (Lipinski definition) is 1. The summed E-state index contributed by atoms with van der Waals surface area (Å²) in [5.41, 5.74) is 4.71. The Morgan fingerprint density at radius 3 is 2.00 bits per heavy atom. The Labute approximate surface area is 269 Å². The highest BCUT2D eigenvalue weighted by Gasteiger charge is 2.48. The summed E-state index contributed by atoms with van der Waals surface area (Å²) >= 11 is 0. The van der Waals surface area contributed by atoms with Gasteiger partial charge >= 0.3 is 0 Å².